The standard InChI is InChI=1S/C52H63Br2N2O9P/c1-37(2)64-51-21-15-39(33-45(51)53)11-5-25-60-49-19-17-41(31-43(49)47-13-7-27-58-47)35-55-23-9-29-62-66(57)63-30-10-24-56-36-42-18-20-50(44(32-42)48-14-8-28-59-48)61-26-6-12-40-16-22-52(46(54)34-40)65-38(3)4/h7-8,13-22,27-28,31-34,37-38,55-56,66H,5-6,9-12,23-26,29-30,35-36H2,1-4H3. The molecule has 11 nitrogen and oxygen atoms in total. The van der Waals surface area contributed by atoms with Crippen LogP contribution in [-0.4, -0.2) is 51.7 Å². The molecule has 0 atom stereocenters. The Bertz CT molecular complexity index is 2210. The number of nitrogens with one attached hydrogen (secondary N) is 2. The second kappa shape index (κ2) is 27.5. The summed E-state index contributed by atoms with van der Waals surface area (Å²) in [5.41, 5.74) is 6.47. The monoisotopic (exact) mass is 1050 g/mol. The Labute approximate surface area is 407 Å². The fourth-order valence-corrected chi connectivity index (χ4v) is 8.85. The van der Waals surface area contributed by atoms with Gasteiger partial charge in [0.1, 0.15) is 34.5 Å². The second-order valence-electron chi connectivity index (χ2n) is 16.4. The molecule has 6 rings (SSSR count). The van der Waals surface area contributed by atoms with Gasteiger partial charge in [-0.05, 0) is 206 Å². The van der Waals surface area contributed by atoms with E-state index in [-0.39, 0.29) is 12.2 Å². The van der Waals surface area contributed by atoms with Crippen LogP contribution in [0.5, 0.6) is 23.0 Å². The predicted molar refractivity (Wildman–Crippen MR) is 269 cm³/mol. The number of furan rings is 2. The van der Waals surface area contributed by atoms with Crippen molar-refractivity contribution >= 4 is 40.1 Å². The van der Waals surface area contributed by atoms with Crippen molar-refractivity contribution in [1.82, 2.24) is 10.6 Å². The minimum Gasteiger partial charge on any atom is -0.493 e. The van der Waals surface area contributed by atoms with E-state index in [0.29, 0.717) is 65.4 Å². The maximum atomic E-state index is 12.4. The predicted octanol–water partition coefficient (Wildman–Crippen LogP) is 13.4. The molecule has 0 amide bonds. The van der Waals surface area contributed by atoms with Gasteiger partial charge in [0.2, 0.25) is 0 Å². The maximum absolute atomic E-state index is 12.4. The van der Waals surface area contributed by atoms with E-state index in [1.165, 1.54) is 11.1 Å². The van der Waals surface area contributed by atoms with Crippen LogP contribution in [0.15, 0.2) is 127 Å². The van der Waals surface area contributed by atoms with E-state index in [4.69, 9.17) is 36.8 Å². The summed E-state index contributed by atoms with van der Waals surface area (Å²) in [7, 11) is -2.57. The van der Waals surface area contributed by atoms with Gasteiger partial charge >= 0.3 is 8.25 Å². The van der Waals surface area contributed by atoms with Crippen LogP contribution >= 0.6 is 40.1 Å². The zero-order chi connectivity index (χ0) is 46.5. The summed E-state index contributed by atoms with van der Waals surface area (Å²) in [5.74, 6) is 4.79. The van der Waals surface area contributed by atoms with E-state index in [1.54, 1.807) is 12.5 Å². The molecule has 354 valence electrons. The van der Waals surface area contributed by atoms with Crippen LogP contribution in [-0.2, 0) is 39.5 Å². The Morgan fingerprint density at radius 1 is 0.530 bits per heavy atom. The third kappa shape index (κ3) is 17.1. The van der Waals surface area contributed by atoms with Crippen molar-refractivity contribution in [3.8, 4) is 45.6 Å². The van der Waals surface area contributed by atoms with Gasteiger partial charge in [0.05, 0.1) is 71.2 Å². The minimum absolute atomic E-state index is 0.122. The third-order valence-electron chi connectivity index (χ3n) is 10.2. The lowest BCUT2D eigenvalue weighted by Crippen LogP contribution is -2.16. The van der Waals surface area contributed by atoms with Crippen molar-refractivity contribution in [2.24, 2.45) is 0 Å². The molecule has 0 fully saturated rings. The zero-order valence-electron chi connectivity index (χ0n) is 38.4. The highest BCUT2D eigenvalue weighted by Crippen LogP contribution is 2.34. The quantitative estimate of drug-likeness (QED) is 0.0331. The fraction of sp³-hybridized carbons (Fsp3) is 0.385. The normalized spacial score (nSPS) is 11.5. The second-order valence-corrected chi connectivity index (χ2v) is 19.2. The average Bonchev–Trinajstić information content (AvgIpc) is 4.05. The molecule has 0 radical (unpaired) electrons. The molecular formula is C52H63Br2N2O9P. The van der Waals surface area contributed by atoms with Gasteiger partial charge < -0.3 is 47.5 Å². The van der Waals surface area contributed by atoms with Gasteiger partial charge in [0.25, 0.3) is 0 Å². The van der Waals surface area contributed by atoms with Gasteiger partial charge in [-0.3, -0.25) is 4.57 Å². The van der Waals surface area contributed by atoms with Crippen LogP contribution in [0.3, 0.4) is 0 Å². The molecule has 66 heavy (non-hydrogen) atoms. The molecule has 0 aliphatic carbocycles. The highest BCUT2D eigenvalue weighted by atomic mass is 79.9. The smallest absolute Gasteiger partial charge is 0.319 e. The fourth-order valence-electron chi connectivity index (χ4n) is 7.10. The molecule has 2 N–H and O–H groups in total. The first kappa shape index (κ1) is 51.1. The molecule has 0 saturated carbocycles. The number of ether oxygens (including phenoxy) is 4. The number of hydrogen-bond acceptors (Lipinski definition) is 11. The molecular weight excluding hydrogens is 987 g/mol. The Hall–Kier alpha value is -4.33. The van der Waals surface area contributed by atoms with Gasteiger partial charge in [-0.1, -0.05) is 24.3 Å². The van der Waals surface area contributed by atoms with E-state index < -0.39 is 8.25 Å². The van der Waals surface area contributed by atoms with Gasteiger partial charge in [0.15, 0.2) is 0 Å². The number of hydrogen-bond donors (Lipinski definition) is 2. The van der Waals surface area contributed by atoms with E-state index in [2.05, 4.69) is 91.0 Å². The van der Waals surface area contributed by atoms with Crippen LogP contribution in [0, 0.1) is 0 Å². The summed E-state index contributed by atoms with van der Waals surface area (Å²) in [4.78, 5) is 0. The lowest BCUT2D eigenvalue weighted by molar-refractivity contribution is 0.220. The van der Waals surface area contributed by atoms with Gasteiger partial charge in [0, 0.05) is 13.1 Å². The molecule has 2 aromatic heterocycles. The van der Waals surface area contributed by atoms with Crippen LogP contribution in [0.2, 0.25) is 0 Å². The lowest BCUT2D eigenvalue weighted by atomic mass is 10.1. The van der Waals surface area contributed by atoms with Gasteiger partial charge in [-0.2, -0.15) is 0 Å². The van der Waals surface area contributed by atoms with Crippen molar-refractivity contribution in [1.29, 1.82) is 0 Å². The van der Waals surface area contributed by atoms with E-state index >= 15 is 0 Å². The molecule has 0 saturated heterocycles. The SMILES string of the molecule is CC(C)Oc1ccc(CCCOc2ccc(CNCCCO[PH](=O)OCCCNCc3ccc(OCCCc4ccc(OC(C)C)c(Br)c4)c(-c4ccco4)c3)cc2-c2ccco2)cc1Br. The first-order valence-corrected chi connectivity index (χ1v) is 25.6. The molecule has 0 spiro atoms. The van der Waals surface area contributed by atoms with Gasteiger partial charge in [-0.15, -0.1) is 0 Å². The molecule has 0 aliphatic heterocycles. The summed E-state index contributed by atoms with van der Waals surface area (Å²) in [5, 5.41) is 6.91. The van der Waals surface area contributed by atoms with Crippen molar-refractivity contribution < 1.29 is 41.4 Å². The van der Waals surface area contributed by atoms with Crippen LogP contribution < -0.4 is 29.6 Å². The Kier molecular flexibility index (Phi) is 21.3. The highest BCUT2D eigenvalue weighted by molar-refractivity contribution is 9.11. The minimum atomic E-state index is -2.57. The first-order valence-electron chi connectivity index (χ1n) is 22.8. The molecule has 6 aromatic rings. The lowest BCUT2D eigenvalue weighted by Gasteiger charge is -2.14. The molecule has 2 heterocycles. The summed E-state index contributed by atoms with van der Waals surface area (Å²) in [6.07, 6.45) is 8.48. The first-order chi connectivity index (χ1) is 32.1. The molecule has 0 unspecified atom stereocenters. The highest BCUT2D eigenvalue weighted by Gasteiger charge is 2.14. The van der Waals surface area contributed by atoms with E-state index in [0.717, 1.165) is 91.4 Å². The van der Waals surface area contributed by atoms with Crippen LogP contribution in [0.4, 0.5) is 0 Å². The number of aryl methyl sites for hydroxylation is 2. The van der Waals surface area contributed by atoms with Crippen molar-refractivity contribution in [2.45, 2.75) is 91.5 Å². The summed E-state index contributed by atoms with van der Waals surface area (Å²) >= 11 is 7.26. The van der Waals surface area contributed by atoms with Crippen molar-refractivity contribution in [3.05, 3.63) is 141 Å². The molecule has 4 aromatic carbocycles. The summed E-state index contributed by atoms with van der Waals surface area (Å²) in [6.45, 7) is 12.6. The molecule has 14 heteroatoms. The number of halogens is 2. The van der Waals surface area contributed by atoms with Gasteiger partial charge in [-0.25, -0.2) is 0 Å². The van der Waals surface area contributed by atoms with Crippen LogP contribution in [0.25, 0.3) is 22.6 Å². The Morgan fingerprint density at radius 2 is 0.955 bits per heavy atom. The number of rotatable bonds is 30. The third-order valence-corrected chi connectivity index (χ3v) is 12.3. The zero-order valence-corrected chi connectivity index (χ0v) is 42.5. The molecule has 0 aliphatic rings. The average molecular weight is 1050 g/mol. The maximum Gasteiger partial charge on any atom is 0.319 e. The van der Waals surface area contributed by atoms with E-state index in [1.807, 2.05) is 76.2 Å². The topological polar surface area (TPSA) is 123 Å². The summed E-state index contributed by atoms with van der Waals surface area (Å²) in [6, 6.07) is 32.4. The Morgan fingerprint density at radius 3 is 1.35 bits per heavy atom. The van der Waals surface area contributed by atoms with Crippen molar-refractivity contribution in [3.63, 3.8) is 0 Å². The number of benzene rings is 4. The Balaban J connectivity index is 0.831. The van der Waals surface area contributed by atoms with Crippen molar-refractivity contribution in [2.75, 3.05) is 39.5 Å². The van der Waals surface area contributed by atoms with Crippen LogP contribution in [0.1, 0.15) is 75.6 Å². The van der Waals surface area contributed by atoms with E-state index in [9.17, 15) is 4.57 Å². The largest absolute Gasteiger partial charge is 0.493 e. The molecule has 0 bridgehead atoms. The summed E-state index contributed by atoms with van der Waals surface area (Å²) < 4.78 is 61.0.